The molecule has 3 rings (SSSR count). The van der Waals surface area contributed by atoms with E-state index in [4.69, 9.17) is 0 Å². The number of hydrogen-bond acceptors (Lipinski definition) is 4. The Morgan fingerprint density at radius 2 is 1.97 bits per heavy atom. The standard InChI is InChI=1S/C25H36N2O2S/c1-24(2,3)18-21(28)26-23-22(20-13-9-17-30-20)27(16-14-25(23,4)29)15-8-12-19-10-6-5-7-11-19/h5-7,9-11,13,17,22-23,29H,8,12,14-16,18H2,1-4H3,(H,26,28). The van der Waals surface area contributed by atoms with Gasteiger partial charge in [0, 0.05) is 17.8 Å². The molecule has 1 aliphatic rings. The van der Waals surface area contributed by atoms with E-state index in [0.717, 1.165) is 25.9 Å². The first kappa shape index (κ1) is 23.0. The second-order valence-corrected chi connectivity index (χ2v) is 11.0. The first-order valence-corrected chi connectivity index (χ1v) is 11.9. The van der Waals surface area contributed by atoms with Gasteiger partial charge < -0.3 is 10.4 Å². The van der Waals surface area contributed by atoms with E-state index in [1.165, 1.54) is 10.4 Å². The summed E-state index contributed by atoms with van der Waals surface area (Å²) >= 11 is 1.70. The van der Waals surface area contributed by atoms with Crippen molar-refractivity contribution in [2.45, 2.75) is 71.1 Å². The summed E-state index contributed by atoms with van der Waals surface area (Å²) in [7, 11) is 0. The second kappa shape index (κ2) is 9.63. The fourth-order valence-electron chi connectivity index (χ4n) is 4.34. The largest absolute Gasteiger partial charge is 0.388 e. The molecule has 1 aromatic heterocycles. The predicted octanol–water partition coefficient (Wildman–Crippen LogP) is 4.80. The molecule has 3 atom stereocenters. The lowest BCUT2D eigenvalue weighted by Gasteiger charge is -2.49. The maximum absolute atomic E-state index is 12.8. The maximum Gasteiger partial charge on any atom is 0.220 e. The first-order chi connectivity index (χ1) is 14.2. The Morgan fingerprint density at radius 3 is 2.60 bits per heavy atom. The summed E-state index contributed by atoms with van der Waals surface area (Å²) in [5.74, 6) is 0.0143. The molecule has 1 aromatic carbocycles. The number of nitrogens with one attached hydrogen (secondary N) is 1. The fourth-order valence-corrected chi connectivity index (χ4v) is 5.24. The van der Waals surface area contributed by atoms with Gasteiger partial charge in [0.05, 0.1) is 17.7 Å². The van der Waals surface area contributed by atoms with Crippen molar-refractivity contribution in [2.75, 3.05) is 13.1 Å². The number of carbonyl (C=O) groups is 1. The van der Waals surface area contributed by atoms with Gasteiger partial charge in [-0.05, 0) is 55.2 Å². The Labute approximate surface area is 185 Å². The highest BCUT2D eigenvalue weighted by Gasteiger charge is 2.46. The van der Waals surface area contributed by atoms with Crippen LogP contribution in [0.4, 0.5) is 0 Å². The normalized spacial score (nSPS) is 25.2. The monoisotopic (exact) mass is 428 g/mol. The van der Waals surface area contributed by atoms with Crippen LogP contribution < -0.4 is 5.32 Å². The third kappa shape index (κ3) is 6.16. The molecule has 0 bridgehead atoms. The van der Waals surface area contributed by atoms with Crippen molar-refractivity contribution in [1.29, 1.82) is 0 Å². The molecule has 2 heterocycles. The lowest BCUT2D eigenvalue weighted by Crippen LogP contribution is -2.62. The molecule has 2 aromatic rings. The molecule has 2 N–H and O–H groups in total. The summed E-state index contributed by atoms with van der Waals surface area (Å²) in [4.78, 5) is 16.5. The van der Waals surface area contributed by atoms with Gasteiger partial charge in [0.2, 0.25) is 5.91 Å². The van der Waals surface area contributed by atoms with Crippen LogP contribution in [0.1, 0.15) is 63.4 Å². The smallest absolute Gasteiger partial charge is 0.220 e. The molecule has 30 heavy (non-hydrogen) atoms. The number of likely N-dealkylation sites (tertiary alicyclic amines) is 1. The number of amides is 1. The van der Waals surface area contributed by atoms with Crippen LogP contribution in [0, 0.1) is 5.41 Å². The topological polar surface area (TPSA) is 52.6 Å². The van der Waals surface area contributed by atoms with Crippen molar-refractivity contribution in [3.8, 4) is 0 Å². The van der Waals surface area contributed by atoms with Crippen molar-refractivity contribution in [2.24, 2.45) is 5.41 Å². The second-order valence-electron chi connectivity index (χ2n) is 9.98. The number of rotatable bonds is 7. The van der Waals surface area contributed by atoms with Gasteiger partial charge >= 0.3 is 0 Å². The van der Waals surface area contributed by atoms with Crippen molar-refractivity contribution >= 4 is 17.2 Å². The molecule has 1 saturated heterocycles. The highest BCUT2D eigenvalue weighted by molar-refractivity contribution is 7.10. The van der Waals surface area contributed by atoms with Gasteiger partial charge in [-0.1, -0.05) is 57.2 Å². The number of piperidine rings is 1. The lowest BCUT2D eigenvalue weighted by molar-refractivity contribution is -0.130. The zero-order valence-electron chi connectivity index (χ0n) is 18.7. The van der Waals surface area contributed by atoms with Crippen LogP contribution in [-0.4, -0.2) is 40.6 Å². The molecular weight excluding hydrogens is 392 g/mol. The van der Waals surface area contributed by atoms with E-state index in [-0.39, 0.29) is 23.4 Å². The summed E-state index contributed by atoms with van der Waals surface area (Å²) in [6.45, 7) is 9.85. The third-order valence-corrected chi connectivity index (χ3v) is 6.82. The minimum atomic E-state index is -0.932. The molecule has 4 nitrogen and oxygen atoms in total. The minimum absolute atomic E-state index is 0.00607. The number of aryl methyl sites for hydroxylation is 1. The lowest BCUT2D eigenvalue weighted by atomic mass is 9.81. The molecule has 0 spiro atoms. The van der Waals surface area contributed by atoms with Gasteiger partial charge in [0.25, 0.3) is 0 Å². The molecule has 1 aliphatic heterocycles. The zero-order valence-corrected chi connectivity index (χ0v) is 19.5. The number of hydrogen-bond donors (Lipinski definition) is 2. The van der Waals surface area contributed by atoms with Crippen LogP contribution in [0.15, 0.2) is 47.8 Å². The summed E-state index contributed by atoms with van der Waals surface area (Å²) in [6, 6.07) is 14.4. The number of aliphatic hydroxyl groups is 1. The first-order valence-electron chi connectivity index (χ1n) is 11.0. The minimum Gasteiger partial charge on any atom is -0.388 e. The molecule has 164 valence electrons. The summed E-state index contributed by atoms with van der Waals surface area (Å²) in [5, 5.41) is 16.5. The molecular formula is C25H36N2O2S. The van der Waals surface area contributed by atoms with Crippen molar-refractivity contribution in [3.05, 3.63) is 58.3 Å². The van der Waals surface area contributed by atoms with Crippen molar-refractivity contribution in [1.82, 2.24) is 10.2 Å². The van der Waals surface area contributed by atoms with Gasteiger partial charge in [-0.15, -0.1) is 11.3 Å². The predicted molar refractivity (Wildman–Crippen MR) is 125 cm³/mol. The fraction of sp³-hybridized carbons (Fsp3) is 0.560. The average Bonchev–Trinajstić information content (AvgIpc) is 3.18. The molecule has 0 radical (unpaired) electrons. The van der Waals surface area contributed by atoms with E-state index < -0.39 is 5.60 Å². The van der Waals surface area contributed by atoms with Crippen molar-refractivity contribution in [3.63, 3.8) is 0 Å². The van der Waals surface area contributed by atoms with E-state index >= 15 is 0 Å². The third-order valence-electron chi connectivity index (χ3n) is 5.88. The number of carbonyl (C=O) groups excluding carboxylic acids is 1. The molecule has 3 unspecified atom stereocenters. The summed E-state index contributed by atoms with van der Waals surface area (Å²) in [6.07, 6.45) is 3.19. The van der Waals surface area contributed by atoms with Crippen LogP contribution in [0.25, 0.3) is 0 Å². The van der Waals surface area contributed by atoms with Gasteiger partial charge in [-0.25, -0.2) is 0 Å². The number of nitrogens with zero attached hydrogens (tertiary/aromatic N) is 1. The SMILES string of the molecule is CC(C)(C)CC(=O)NC1C(c2cccs2)N(CCCc2ccccc2)CCC1(C)O. The Morgan fingerprint density at radius 1 is 1.23 bits per heavy atom. The molecule has 5 heteroatoms. The van der Waals surface area contributed by atoms with Crippen molar-refractivity contribution < 1.29 is 9.90 Å². The van der Waals surface area contributed by atoms with Crippen LogP contribution in [0.3, 0.4) is 0 Å². The van der Waals surface area contributed by atoms with Gasteiger partial charge in [-0.2, -0.15) is 0 Å². The van der Waals surface area contributed by atoms with E-state index in [0.29, 0.717) is 12.8 Å². The maximum atomic E-state index is 12.8. The number of thiophene rings is 1. The van der Waals surface area contributed by atoms with Crippen LogP contribution in [0.5, 0.6) is 0 Å². The highest BCUT2D eigenvalue weighted by atomic mass is 32.1. The van der Waals surface area contributed by atoms with Gasteiger partial charge in [0.1, 0.15) is 0 Å². The molecule has 0 saturated carbocycles. The van der Waals surface area contributed by atoms with E-state index in [2.05, 4.69) is 72.8 Å². The van der Waals surface area contributed by atoms with E-state index in [9.17, 15) is 9.90 Å². The van der Waals surface area contributed by atoms with Crippen LogP contribution >= 0.6 is 11.3 Å². The Balaban J connectivity index is 1.76. The summed E-state index contributed by atoms with van der Waals surface area (Å²) < 4.78 is 0. The Kier molecular flexibility index (Phi) is 7.38. The van der Waals surface area contributed by atoms with E-state index in [1.54, 1.807) is 11.3 Å². The van der Waals surface area contributed by atoms with Gasteiger partial charge in [-0.3, -0.25) is 9.69 Å². The molecule has 1 amide bonds. The quantitative estimate of drug-likeness (QED) is 0.666. The van der Waals surface area contributed by atoms with Crippen LogP contribution in [0.2, 0.25) is 0 Å². The Bertz CT molecular complexity index is 796. The zero-order chi connectivity index (χ0) is 21.8. The molecule has 1 fully saturated rings. The van der Waals surface area contributed by atoms with E-state index in [1.807, 2.05) is 13.0 Å². The average molecular weight is 429 g/mol. The number of benzene rings is 1. The Hall–Kier alpha value is -1.69. The molecule has 0 aliphatic carbocycles. The highest BCUT2D eigenvalue weighted by Crippen LogP contribution is 2.39. The van der Waals surface area contributed by atoms with Gasteiger partial charge in [0.15, 0.2) is 0 Å². The van der Waals surface area contributed by atoms with Crippen LogP contribution in [-0.2, 0) is 11.2 Å². The summed E-state index contributed by atoms with van der Waals surface area (Å²) in [5.41, 5.74) is 0.334.